The third kappa shape index (κ3) is 5.16. The Morgan fingerprint density at radius 1 is 1.00 bits per heavy atom. The standard InChI is InChI=1S/C35H36Cl2FN3O4/c1-4-34(5-2,33(44)41-14-6-7-15-41)45-29-13-10-21(36)16-25(29)27-19-30(42)40-31(24-18-23(38)11-8-20(24)3)35(27)26-12-9-22(37)17-28(26)39-32(35)43/h8-13,16-18,27,31H,4-7,14-15,19H2,1-3H3,(H,39,43)(H,40,42)/t27-,31+,35?/m1/s1. The molecule has 7 nitrogen and oxygen atoms in total. The molecule has 0 saturated carbocycles. The van der Waals surface area contributed by atoms with E-state index in [0.29, 0.717) is 69.7 Å². The van der Waals surface area contributed by atoms with Gasteiger partial charge in [-0.25, -0.2) is 4.39 Å². The number of benzene rings is 3. The van der Waals surface area contributed by atoms with Gasteiger partial charge in [-0.3, -0.25) is 14.4 Å². The Kier molecular flexibility index (Phi) is 8.33. The molecule has 3 aromatic rings. The van der Waals surface area contributed by atoms with Crippen LogP contribution in [-0.2, 0) is 19.8 Å². The van der Waals surface area contributed by atoms with Crippen LogP contribution in [0.5, 0.6) is 5.75 Å². The smallest absolute Gasteiger partial charge is 0.266 e. The fourth-order valence-corrected chi connectivity index (χ4v) is 7.84. The summed E-state index contributed by atoms with van der Waals surface area (Å²) in [6.45, 7) is 7.03. The molecule has 0 radical (unpaired) electrons. The highest BCUT2D eigenvalue weighted by Gasteiger charge is 2.62. The maximum Gasteiger partial charge on any atom is 0.266 e. The second-order valence-corrected chi connectivity index (χ2v) is 13.1. The molecule has 3 aliphatic rings. The topological polar surface area (TPSA) is 87.7 Å². The van der Waals surface area contributed by atoms with Gasteiger partial charge >= 0.3 is 0 Å². The van der Waals surface area contributed by atoms with Gasteiger partial charge in [0.15, 0.2) is 5.60 Å². The molecular formula is C35H36Cl2FN3O4. The van der Waals surface area contributed by atoms with E-state index in [4.69, 9.17) is 27.9 Å². The maximum atomic E-state index is 14.8. The van der Waals surface area contributed by atoms with Crippen molar-refractivity contribution < 1.29 is 23.5 Å². The molecule has 1 spiro atoms. The van der Waals surface area contributed by atoms with Gasteiger partial charge in [0.1, 0.15) is 17.0 Å². The van der Waals surface area contributed by atoms with E-state index in [9.17, 15) is 18.8 Å². The average molecular weight is 653 g/mol. The van der Waals surface area contributed by atoms with Crippen LogP contribution in [0.1, 0.15) is 80.2 Å². The Hall–Kier alpha value is -3.62. The first-order valence-corrected chi connectivity index (χ1v) is 16.2. The summed E-state index contributed by atoms with van der Waals surface area (Å²) in [6, 6.07) is 13.7. The van der Waals surface area contributed by atoms with Crippen LogP contribution in [0.15, 0.2) is 54.6 Å². The van der Waals surface area contributed by atoms with Crippen molar-refractivity contribution >= 4 is 46.6 Å². The summed E-state index contributed by atoms with van der Waals surface area (Å²) in [6.07, 6.45) is 2.65. The van der Waals surface area contributed by atoms with E-state index in [0.717, 1.165) is 12.8 Å². The number of nitrogens with one attached hydrogen (secondary N) is 2. The quantitative estimate of drug-likeness (QED) is 0.282. The fourth-order valence-electron chi connectivity index (χ4n) is 7.49. The molecule has 6 rings (SSSR count). The first-order chi connectivity index (χ1) is 21.5. The Labute approximate surface area is 272 Å². The summed E-state index contributed by atoms with van der Waals surface area (Å²) in [5.41, 5.74) is 0.260. The van der Waals surface area contributed by atoms with Crippen molar-refractivity contribution in [2.45, 2.75) is 75.9 Å². The number of ether oxygens (including phenoxy) is 1. The van der Waals surface area contributed by atoms with E-state index < -0.39 is 28.8 Å². The minimum absolute atomic E-state index is 0.0751. The van der Waals surface area contributed by atoms with E-state index >= 15 is 0 Å². The van der Waals surface area contributed by atoms with Crippen LogP contribution in [0.4, 0.5) is 10.1 Å². The number of hydrogen-bond acceptors (Lipinski definition) is 4. The van der Waals surface area contributed by atoms with E-state index in [1.54, 1.807) is 42.5 Å². The number of nitrogens with zero attached hydrogens (tertiary/aromatic N) is 1. The molecule has 0 aliphatic carbocycles. The summed E-state index contributed by atoms with van der Waals surface area (Å²) in [4.78, 5) is 44.0. The van der Waals surface area contributed by atoms with Gasteiger partial charge in [-0.1, -0.05) is 49.2 Å². The number of amides is 3. The first kappa shape index (κ1) is 31.4. The van der Waals surface area contributed by atoms with Gasteiger partial charge in [0.2, 0.25) is 11.8 Å². The van der Waals surface area contributed by atoms with Crippen LogP contribution in [0.3, 0.4) is 0 Å². The zero-order chi connectivity index (χ0) is 32.1. The lowest BCUT2D eigenvalue weighted by Gasteiger charge is -2.47. The zero-order valence-corrected chi connectivity index (χ0v) is 27.0. The minimum atomic E-state index is -1.44. The molecule has 3 heterocycles. The number of halogens is 3. The van der Waals surface area contributed by atoms with Gasteiger partial charge in [0.25, 0.3) is 5.91 Å². The second kappa shape index (κ2) is 12.0. The number of piperidine rings is 1. The number of carbonyl (C=O) groups excluding carboxylic acids is 3. The van der Waals surface area contributed by atoms with Crippen LogP contribution < -0.4 is 15.4 Å². The molecule has 45 heavy (non-hydrogen) atoms. The summed E-state index contributed by atoms with van der Waals surface area (Å²) in [7, 11) is 0. The molecule has 2 saturated heterocycles. The van der Waals surface area contributed by atoms with Crippen LogP contribution in [-0.4, -0.2) is 41.3 Å². The maximum absolute atomic E-state index is 14.8. The lowest BCUT2D eigenvalue weighted by Crippen LogP contribution is -2.57. The Morgan fingerprint density at radius 3 is 2.40 bits per heavy atom. The Bertz CT molecular complexity index is 1690. The molecule has 0 bridgehead atoms. The highest BCUT2D eigenvalue weighted by atomic mass is 35.5. The van der Waals surface area contributed by atoms with Crippen molar-refractivity contribution in [1.29, 1.82) is 0 Å². The van der Waals surface area contributed by atoms with Crippen molar-refractivity contribution in [2.75, 3.05) is 18.4 Å². The molecule has 236 valence electrons. The molecule has 3 aromatic carbocycles. The van der Waals surface area contributed by atoms with Crippen molar-refractivity contribution in [1.82, 2.24) is 10.2 Å². The number of anilines is 1. The molecular weight excluding hydrogens is 616 g/mol. The largest absolute Gasteiger partial charge is 0.477 e. The van der Waals surface area contributed by atoms with Crippen molar-refractivity contribution in [3.8, 4) is 5.75 Å². The van der Waals surface area contributed by atoms with Gasteiger partial charge in [-0.05, 0) is 91.8 Å². The number of hydrogen-bond donors (Lipinski definition) is 2. The van der Waals surface area contributed by atoms with E-state index in [-0.39, 0.29) is 24.1 Å². The van der Waals surface area contributed by atoms with Crippen LogP contribution in [0, 0.1) is 12.7 Å². The second-order valence-electron chi connectivity index (χ2n) is 12.3. The number of carbonyl (C=O) groups is 3. The lowest BCUT2D eigenvalue weighted by molar-refractivity contribution is -0.148. The highest BCUT2D eigenvalue weighted by Crippen LogP contribution is 2.59. The van der Waals surface area contributed by atoms with Crippen LogP contribution >= 0.6 is 23.2 Å². The van der Waals surface area contributed by atoms with Crippen molar-refractivity contribution in [2.24, 2.45) is 0 Å². The van der Waals surface area contributed by atoms with Gasteiger partial charge in [0.05, 0.1) is 6.04 Å². The number of rotatable bonds is 7. The monoisotopic (exact) mass is 651 g/mol. The molecule has 2 N–H and O–H groups in total. The zero-order valence-electron chi connectivity index (χ0n) is 25.5. The Morgan fingerprint density at radius 2 is 1.69 bits per heavy atom. The van der Waals surface area contributed by atoms with Crippen molar-refractivity contribution in [3.63, 3.8) is 0 Å². The molecule has 1 unspecified atom stereocenters. The van der Waals surface area contributed by atoms with E-state index in [1.165, 1.54) is 12.1 Å². The summed E-state index contributed by atoms with van der Waals surface area (Å²) < 4.78 is 21.6. The summed E-state index contributed by atoms with van der Waals surface area (Å²) >= 11 is 13.0. The third-order valence-corrected chi connectivity index (χ3v) is 10.4. The predicted molar refractivity (Wildman–Crippen MR) is 172 cm³/mol. The normalized spacial score (nSPS) is 22.8. The molecule has 3 amide bonds. The first-order valence-electron chi connectivity index (χ1n) is 15.5. The summed E-state index contributed by atoms with van der Waals surface area (Å²) in [5, 5.41) is 6.87. The minimum Gasteiger partial charge on any atom is -0.477 e. The average Bonchev–Trinajstić information content (AvgIpc) is 3.65. The SMILES string of the molecule is CCC(CC)(Oc1ccc(Cl)cc1[C@H]1CC(=O)N[C@@H](c2cc(F)ccc2C)C12C(=O)Nc1cc(Cl)ccc12)C(=O)N1CCCC1. The molecule has 2 fully saturated rings. The van der Waals surface area contributed by atoms with Crippen molar-refractivity contribution in [3.05, 3.63) is 92.7 Å². The van der Waals surface area contributed by atoms with Crippen LogP contribution in [0.25, 0.3) is 0 Å². The lowest BCUT2D eigenvalue weighted by atomic mass is 9.59. The van der Waals surface area contributed by atoms with Gasteiger partial charge in [-0.15, -0.1) is 0 Å². The predicted octanol–water partition coefficient (Wildman–Crippen LogP) is 7.24. The molecule has 10 heteroatoms. The molecule has 3 aliphatic heterocycles. The number of likely N-dealkylation sites (tertiary alicyclic amines) is 1. The van der Waals surface area contributed by atoms with Gasteiger partial charge < -0.3 is 20.3 Å². The third-order valence-electron chi connectivity index (χ3n) is 9.88. The fraction of sp³-hybridized carbons (Fsp3) is 0.400. The van der Waals surface area contributed by atoms with Crippen LogP contribution in [0.2, 0.25) is 10.0 Å². The Balaban J connectivity index is 1.58. The van der Waals surface area contributed by atoms with E-state index in [1.807, 2.05) is 25.7 Å². The number of fused-ring (bicyclic) bond motifs is 2. The van der Waals surface area contributed by atoms with E-state index in [2.05, 4.69) is 10.6 Å². The molecule has 0 aromatic heterocycles. The van der Waals surface area contributed by atoms with Gasteiger partial charge in [-0.2, -0.15) is 0 Å². The van der Waals surface area contributed by atoms with Gasteiger partial charge in [0, 0.05) is 46.7 Å². The highest BCUT2D eigenvalue weighted by molar-refractivity contribution is 6.31. The summed E-state index contributed by atoms with van der Waals surface area (Å²) in [5.74, 6) is -1.67. The molecule has 3 atom stereocenters. The number of aryl methyl sites for hydroxylation is 1.